The predicted octanol–water partition coefficient (Wildman–Crippen LogP) is 2.16. The number of carbonyl (C=O) groups is 2. The van der Waals surface area contributed by atoms with Gasteiger partial charge in [-0.2, -0.15) is 0 Å². The van der Waals surface area contributed by atoms with Crippen LogP contribution in [0.4, 0.5) is 0 Å². The zero-order valence-corrected chi connectivity index (χ0v) is 13.3. The van der Waals surface area contributed by atoms with Crippen LogP contribution in [0.25, 0.3) is 0 Å². The van der Waals surface area contributed by atoms with Gasteiger partial charge in [-0.1, -0.05) is 12.2 Å². The van der Waals surface area contributed by atoms with Crippen LogP contribution in [0.1, 0.15) is 40.0 Å². The van der Waals surface area contributed by atoms with Crippen molar-refractivity contribution in [1.29, 1.82) is 0 Å². The van der Waals surface area contributed by atoms with E-state index in [9.17, 15) is 9.59 Å². The van der Waals surface area contributed by atoms with Crippen LogP contribution in [0.5, 0.6) is 0 Å². The molecule has 1 saturated heterocycles. The topological polar surface area (TPSA) is 49.4 Å². The Balaban J connectivity index is 1.94. The molecule has 0 spiro atoms. The van der Waals surface area contributed by atoms with E-state index in [2.05, 4.69) is 17.5 Å². The van der Waals surface area contributed by atoms with Crippen LogP contribution >= 0.6 is 11.8 Å². The molecule has 5 heteroatoms. The summed E-state index contributed by atoms with van der Waals surface area (Å²) in [6.45, 7) is 5.88. The molecule has 2 atom stereocenters. The van der Waals surface area contributed by atoms with E-state index in [1.807, 2.05) is 20.8 Å². The fourth-order valence-corrected chi connectivity index (χ4v) is 3.75. The predicted molar refractivity (Wildman–Crippen MR) is 82.3 cm³/mol. The average molecular weight is 296 g/mol. The molecule has 20 heavy (non-hydrogen) atoms. The molecule has 4 nitrogen and oxygen atoms in total. The Kier molecular flexibility index (Phi) is 4.78. The third kappa shape index (κ3) is 4.01. The van der Waals surface area contributed by atoms with Gasteiger partial charge >= 0.3 is 0 Å². The smallest absolute Gasteiger partial charge is 0.244 e. The van der Waals surface area contributed by atoms with Crippen molar-refractivity contribution in [3.8, 4) is 0 Å². The molecular weight excluding hydrogens is 272 g/mol. The highest BCUT2D eigenvalue weighted by atomic mass is 32.2. The number of hydrogen-bond acceptors (Lipinski definition) is 3. The van der Waals surface area contributed by atoms with E-state index in [1.54, 1.807) is 16.7 Å². The summed E-state index contributed by atoms with van der Waals surface area (Å²) in [6, 6.07) is -0.308. The van der Waals surface area contributed by atoms with Gasteiger partial charge < -0.3 is 10.2 Å². The largest absolute Gasteiger partial charge is 0.350 e. The van der Waals surface area contributed by atoms with Crippen LogP contribution in [0.3, 0.4) is 0 Å². The second-order valence-corrected chi connectivity index (χ2v) is 7.59. The quantitative estimate of drug-likeness (QED) is 0.812. The van der Waals surface area contributed by atoms with Crippen molar-refractivity contribution < 1.29 is 9.59 Å². The summed E-state index contributed by atoms with van der Waals surface area (Å²) >= 11 is 1.66. The zero-order valence-electron chi connectivity index (χ0n) is 12.5. The molecule has 0 radical (unpaired) electrons. The molecule has 1 N–H and O–H groups in total. The first-order valence-corrected chi connectivity index (χ1v) is 8.38. The number of hydrogen-bond donors (Lipinski definition) is 1. The summed E-state index contributed by atoms with van der Waals surface area (Å²) < 4.78 is 0. The molecule has 1 aliphatic carbocycles. The van der Waals surface area contributed by atoms with Gasteiger partial charge in [-0.25, -0.2) is 0 Å². The Labute approximate surface area is 125 Å². The molecule has 0 saturated carbocycles. The van der Waals surface area contributed by atoms with E-state index < -0.39 is 0 Å². The summed E-state index contributed by atoms with van der Waals surface area (Å²) in [4.78, 5) is 26.4. The minimum Gasteiger partial charge on any atom is -0.350 e. The van der Waals surface area contributed by atoms with Crippen molar-refractivity contribution >= 4 is 23.6 Å². The van der Waals surface area contributed by atoms with E-state index in [1.165, 1.54) is 0 Å². The lowest BCUT2D eigenvalue weighted by molar-refractivity contribution is -0.139. The standard InChI is InChI=1S/C15H24N2O2S/c1-15(2,3)16-14(19)12-9-20-10-17(12)13(18)8-11-6-4-5-7-11/h4,6,11-12H,5,7-10H2,1-3H3,(H,16,19)/t11-,12-/m0/s1. The number of amides is 2. The van der Waals surface area contributed by atoms with Gasteiger partial charge in [0.2, 0.25) is 11.8 Å². The Hall–Kier alpha value is -0.970. The molecule has 2 amide bonds. The van der Waals surface area contributed by atoms with E-state index in [0.29, 0.717) is 24.0 Å². The summed E-state index contributed by atoms with van der Waals surface area (Å²) in [7, 11) is 0. The zero-order chi connectivity index (χ0) is 14.8. The van der Waals surface area contributed by atoms with Gasteiger partial charge in [0.15, 0.2) is 0 Å². The molecule has 0 aromatic rings. The number of thioether (sulfide) groups is 1. The maximum atomic E-state index is 12.4. The first-order valence-electron chi connectivity index (χ1n) is 7.23. The molecule has 2 rings (SSSR count). The van der Waals surface area contributed by atoms with Gasteiger partial charge in [-0.05, 0) is 39.5 Å². The van der Waals surface area contributed by atoms with E-state index in [4.69, 9.17) is 0 Å². The maximum absolute atomic E-state index is 12.4. The van der Waals surface area contributed by atoms with Crippen LogP contribution in [0, 0.1) is 5.92 Å². The third-order valence-corrected chi connectivity index (χ3v) is 4.56. The Morgan fingerprint density at radius 3 is 2.75 bits per heavy atom. The van der Waals surface area contributed by atoms with Crippen molar-refractivity contribution in [3.05, 3.63) is 12.2 Å². The maximum Gasteiger partial charge on any atom is 0.244 e. The molecular formula is C15H24N2O2S. The SMILES string of the molecule is CC(C)(C)NC(=O)[C@@H]1CSCN1C(=O)C[C@H]1C=CCC1. The number of allylic oxidation sites excluding steroid dienone is 2. The van der Waals surface area contributed by atoms with Crippen LogP contribution in [-0.2, 0) is 9.59 Å². The molecule has 0 aromatic carbocycles. The minimum absolute atomic E-state index is 0.0298. The van der Waals surface area contributed by atoms with Gasteiger partial charge in [0.05, 0.1) is 5.88 Å². The van der Waals surface area contributed by atoms with Crippen molar-refractivity contribution in [2.45, 2.75) is 51.6 Å². The van der Waals surface area contributed by atoms with Crippen molar-refractivity contribution in [2.75, 3.05) is 11.6 Å². The van der Waals surface area contributed by atoms with Crippen LogP contribution in [0.2, 0.25) is 0 Å². The van der Waals surface area contributed by atoms with E-state index in [0.717, 1.165) is 12.8 Å². The van der Waals surface area contributed by atoms with Crippen LogP contribution in [0.15, 0.2) is 12.2 Å². The summed E-state index contributed by atoms with van der Waals surface area (Å²) in [5, 5.41) is 2.98. The molecule has 1 aliphatic heterocycles. The summed E-state index contributed by atoms with van der Waals surface area (Å²) in [5.74, 6) is 1.78. The van der Waals surface area contributed by atoms with Crippen LogP contribution in [-0.4, -0.2) is 39.9 Å². The molecule has 1 heterocycles. The molecule has 2 aliphatic rings. The lowest BCUT2D eigenvalue weighted by Crippen LogP contribution is -2.52. The monoisotopic (exact) mass is 296 g/mol. The highest BCUT2D eigenvalue weighted by Gasteiger charge is 2.36. The van der Waals surface area contributed by atoms with Gasteiger partial charge in [-0.3, -0.25) is 9.59 Å². The first-order chi connectivity index (χ1) is 9.37. The fourth-order valence-electron chi connectivity index (χ4n) is 2.57. The third-order valence-electron chi connectivity index (χ3n) is 3.55. The van der Waals surface area contributed by atoms with E-state index >= 15 is 0 Å². The van der Waals surface area contributed by atoms with Crippen molar-refractivity contribution in [3.63, 3.8) is 0 Å². The summed E-state index contributed by atoms with van der Waals surface area (Å²) in [5.41, 5.74) is -0.257. The van der Waals surface area contributed by atoms with Gasteiger partial charge in [-0.15, -0.1) is 11.8 Å². The molecule has 0 bridgehead atoms. The fraction of sp³-hybridized carbons (Fsp3) is 0.733. The first kappa shape index (κ1) is 15.4. The van der Waals surface area contributed by atoms with Gasteiger partial charge in [0, 0.05) is 17.7 Å². The molecule has 1 fully saturated rings. The van der Waals surface area contributed by atoms with Crippen molar-refractivity contribution in [1.82, 2.24) is 10.2 Å². The highest BCUT2D eigenvalue weighted by Crippen LogP contribution is 2.26. The molecule has 0 aromatic heterocycles. The highest BCUT2D eigenvalue weighted by molar-refractivity contribution is 7.99. The molecule has 112 valence electrons. The second-order valence-electron chi connectivity index (χ2n) is 6.59. The average Bonchev–Trinajstić information content (AvgIpc) is 2.96. The summed E-state index contributed by atoms with van der Waals surface area (Å²) in [6.07, 6.45) is 6.94. The number of rotatable bonds is 3. The minimum atomic E-state index is -0.308. The Bertz CT molecular complexity index is 415. The Morgan fingerprint density at radius 1 is 1.40 bits per heavy atom. The van der Waals surface area contributed by atoms with Gasteiger partial charge in [0.25, 0.3) is 0 Å². The number of nitrogens with one attached hydrogen (secondary N) is 1. The Morgan fingerprint density at radius 2 is 2.15 bits per heavy atom. The van der Waals surface area contributed by atoms with Gasteiger partial charge in [0.1, 0.15) is 6.04 Å². The lowest BCUT2D eigenvalue weighted by atomic mass is 10.0. The van der Waals surface area contributed by atoms with Crippen molar-refractivity contribution in [2.24, 2.45) is 5.92 Å². The normalized spacial score (nSPS) is 26.1. The second kappa shape index (κ2) is 6.20. The lowest BCUT2D eigenvalue weighted by Gasteiger charge is -2.28. The molecule has 0 unspecified atom stereocenters. The van der Waals surface area contributed by atoms with Crippen LogP contribution < -0.4 is 5.32 Å². The number of nitrogens with zero attached hydrogens (tertiary/aromatic N) is 1. The van der Waals surface area contributed by atoms with E-state index in [-0.39, 0.29) is 23.4 Å². The number of carbonyl (C=O) groups excluding carboxylic acids is 2.